The first kappa shape index (κ1) is 14.3. The van der Waals surface area contributed by atoms with Crippen LogP contribution in [0.2, 0.25) is 0 Å². The Morgan fingerprint density at radius 2 is 1.74 bits per heavy atom. The maximum atomic E-state index is 13.9. The molecule has 19 heavy (non-hydrogen) atoms. The molecule has 0 bridgehead atoms. The summed E-state index contributed by atoms with van der Waals surface area (Å²) in [4.78, 5) is 12.2. The van der Waals surface area contributed by atoms with Crippen molar-refractivity contribution in [2.24, 2.45) is 0 Å². The van der Waals surface area contributed by atoms with Gasteiger partial charge in [0.15, 0.2) is 11.6 Å². The van der Waals surface area contributed by atoms with Crippen LogP contribution in [0.5, 0.6) is 0 Å². The minimum atomic E-state index is -0.887. The fourth-order valence-electron chi connectivity index (χ4n) is 1.61. The van der Waals surface area contributed by atoms with Crippen LogP contribution in [0.3, 0.4) is 0 Å². The van der Waals surface area contributed by atoms with Crippen molar-refractivity contribution in [3.05, 3.63) is 67.6 Å². The van der Waals surface area contributed by atoms with Gasteiger partial charge >= 0.3 is 0 Å². The number of carbonyl (C=O) groups is 1. The molecule has 0 N–H and O–H groups in total. The number of benzene rings is 2. The topological polar surface area (TPSA) is 17.1 Å². The predicted octanol–water partition coefficient (Wildman–Crippen LogP) is 5.03. The van der Waals surface area contributed by atoms with Gasteiger partial charge in [-0.05, 0) is 46.6 Å². The van der Waals surface area contributed by atoms with Crippen LogP contribution in [0, 0.1) is 18.6 Å². The summed E-state index contributed by atoms with van der Waals surface area (Å²) >= 11 is 6.23. The molecule has 2 aromatic rings. The zero-order valence-electron chi connectivity index (χ0n) is 9.81. The molecule has 1 nitrogen and oxygen atoms in total. The standard InChI is InChI=1S/C14H8Br2F2O/c1-7-2-3-8(6-10(7)16)14(19)12-11(17)5-4-9(15)13(12)18/h2-6H,1H3. The van der Waals surface area contributed by atoms with E-state index in [1.165, 1.54) is 6.07 Å². The van der Waals surface area contributed by atoms with Gasteiger partial charge in [-0.2, -0.15) is 0 Å². The highest BCUT2D eigenvalue weighted by Crippen LogP contribution is 2.25. The van der Waals surface area contributed by atoms with Crippen LogP contribution in [-0.4, -0.2) is 5.78 Å². The monoisotopic (exact) mass is 388 g/mol. The molecule has 0 aliphatic rings. The molecule has 98 valence electrons. The highest BCUT2D eigenvalue weighted by Gasteiger charge is 2.21. The molecular weight excluding hydrogens is 382 g/mol. The first-order valence-electron chi connectivity index (χ1n) is 5.36. The molecule has 2 rings (SSSR count). The molecule has 0 radical (unpaired) electrons. The molecular formula is C14H8Br2F2O. The Bertz CT molecular complexity index is 669. The van der Waals surface area contributed by atoms with E-state index in [9.17, 15) is 13.6 Å². The SMILES string of the molecule is Cc1ccc(C(=O)c2c(F)ccc(Br)c2F)cc1Br. The van der Waals surface area contributed by atoms with Gasteiger partial charge in [-0.3, -0.25) is 4.79 Å². The number of aryl methyl sites for hydroxylation is 1. The summed E-state index contributed by atoms with van der Waals surface area (Å²) < 4.78 is 28.3. The Balaban J connectivity index is 2.56. The zero-order chi connectivity index (χ0) is 14.2. The lowest BCUT2D eigenvalue weighted by molar-refractivity contribution is 0.103. The van der Waals surface area contributed by atoms with E-state index in [1.54, 1.807) is 18.2 Å². The molecule has 0 aliphatic heterocycles. The van der Waals surface area contributed by atoms with E-state index in [1.807, 2.05) is 6.92 Å². The van der Waals surface area contributed by atoms with Crippen molar-refractivity contribution in [2.45, 2.75) is 6.92 Å². The summed E-state index contributed by atoms with van der Waals surface area (Å²) in [5, 5.41) is 0. The lowest BCUT2D eigenvalue weighted by Crippen LogP contribution is -2.08. The highest BCUT2D eigenvalue weighted by molar-refractivity contribution is 9.10. The molecule has 0 saturated heterocycles. The number of rotatable bonds is 2. The second-order valence-corrected chi connectivity index (χ2v) is 5.72. The highest BCUT2D eigenvalue weighted by atomic mass is 79.9. The van der Waals surface area contributed by atoms with Crippen molar-refractivity contribution < 1.29 is 13.6 Å². The molecule has 0 unspecified atom stereocenters. The smallest absolute Gasteiger partial charge is 0.199 e. The van der Waals surface area contributed by atoms with Crippen LogP contribution in [0.15, 0.2) is 39.3 Å². The van der Waals surface area contributed by atoms with Crippen LogP contribution < -0.4 is 0 Å². The van der Waals surface area contributed by atoms with Crippen molar-refractivity contribution in [3.63, 3.8) is 0 Å². The molecule has 2 aromatic carbocycles. The first-order chi connectivity index (χ1) is 8.91. The number of hydrogen-bond donors (Lipinski definition) is 0. The number of ketones is 1. The normalized spacial score (nSPS) is 10.6. The number of carbonyl (C=O) groups excluding carboxylic acids is 1. The average Bonchev–Trinajstić information content (AvgIpc) is 2.37. The fourth-order valence-corrected chi connectivity index (χ4v) is 2.32. The first-order valence-corrected chi connectivity index (χ1v) is 6.94. The van der Waals surface area contributed by atoms with Gasteiger partial charge in [-0.15, -0.1) is 0 Å². The maximum Gasteiger partial charge on any atom is 0.199 e. The van der Waals surface area contributed by atoms with E-state index in [0.29, 0.717) is 4.47 Å². The Hall–Kier alpha value is -1.07. The summed E-state index contributed by atoms with van der Waals surface area (Å²) in [6, 6.07) is 7.10. The third-order valence-electron chi connectivity index (χ3n) is 2.71. The summed E-state index contributed by atoms with van der Waals surface area (Å²) in [5.41, 5.74) is 0.616. The van der Waals surface area contributed by atoms with Crippen LogP contribution in [0.1, 0.15) is 21.5 Å². The maximum absolute atomic E-state index is 13.9. The van der Waals surface area contributed by atoms with Gasteiger partial charge in [0.05, 0.1) is 10.0 Å². The van der Waals surface area contributed by atoms with Gasteiger partial charge in [-0.25, -0.2) is 8.78 Å². The molecule has 0 spiro atoms. The Morgan fingerprint density at radius 3 is 2.37 bits per heavy atom. The van der Waals surface area contributed by atoms with E-state index in [2.05, 4.69) is 31.9 Å². The van der Waals surface area contributed by atoms with E-state index in [0.717, 1.165) is 11.6 Å². The third kappa shape index (κ3) is 2.77. The van der Waals surface area contributed by atoms with Crippen molar-refractivity contribution in [1.82, 2.24) is 0 Å². The van der Waals surface area contributed by atoms with Crippen molar-refractivity contribution in [2.75, 3.05) is 0 Å². The van der Waals surface area contributed by atoms with Crippen molar-refractivity contribution in [1.29, 1.82) is 0 Å². The minimum Gasteiger partial charge on any atom is -0.288 e. The second-order valence-electron chi connectivity index (χ2n) is 4.01. The van der Waals surface area contributed by atoms with Gasteiger partial charge in [0, 0.05) is 10.0 Å². The van der Waals surface area contributed by atoms with Gasteiger partial charge in [0.2, 0.25) is 0 Å². The largest absolute Gasteiger partial charge is 0.288 e. The minimum absolute atomic E-state index is 0.0587. The van der Waals surface area contributed by atoms with E-state index in [-0.39, 0.29) is 10.0 Å². The van der Waals surface area contributed by atoms with Crippen LogP contribution in [0.4, 0.5) is 8.78 Å². The second kappa shape index (κ2) is 5.51. The van der Waals surface area contributed by atoms with Crippen molar-refractivity contribution in [3.8, 4) is 0 Å². The summed E-state index contributed by atoms with van der Waals surface area (Å²) in [6.45, 7) is 1.86. The molecule has 0 atom stereocenters. The third-order valence-corrected chi connectivity index (χ3v) is 4.17. The van der Waals surface area contributed by atoms with E-state index in [4.69, 9.17) is 0 Å². The zero-order valence-corrected chi connectivity index (χ0v) is 13.0. The average molecular weight is 390 g/mol. The molecule has 0 saturated carbocycles. The molecule has 5 heteroatoms. The molecule has 0 amide bonds. The molecule has 0 aliphatic carbocycles. The van der Waals surface area contributed by atoms with Crippen LogP contribution >= 0.6 is 31.9 Å². The molecule has 0 aromatic heterocycles. The Labute approximate surface area is 125 Å². The summed E-state index contributed by atoms with van der Waals surface area (Å²) in [5.74, 6) is -2.44. The van der Waals surface area contributed by atoms with Gasteiger partial charge < -0.3 is 0 Å². The number of hydrogen-bond acceptors (Lipinski definition) is 1. The Kier molecular flexibility index (Phi) is 4.16. The van der Waals surface area contributed by atoms with Gasteiger partial charge in [-0.1, -0.05) is 28.1 Å². The van der Waals surface area contributed by atoms with Crippen LogP contribution in [0.25, 0.3) is 0 Å². The van der Waals surface area contributed by atoms with Crippen molar-refractivity contribution >= 4 is 37.6 Å². The summed E-state index contributed by atoms with van der Waals surface area (Å²) in [7, 11) is 0. The lowest BCUT2D eigenvalue weighted by Gasteiger charge is -2.07. The van der Waals surface area contributed by atoms with Gasteiger partial charge in [0.25, 0.3) is 0 Å². The number of halogens is 4. The van der Waals surface area contributed by atoms with E-state index < -0.39 is 23.0 Å². The quantitative estimate of drug-likeness (QED) is 0.520. The van der Waals surface area contributed by atoms with Crippen LogP contribution in [-0.2, 0) is 0 Å². The molecule has 0 fully saturated rings. The molecule has 0 heterocycles. The van der Waals surface area contributed by atoms with Gasteiger partial charge in [0.1, 0.15) is 5.82 Å². The fraction of sp³-hybridized carbons (Fsp3) is 0.0714. The summed E-state index contributed by atoms with van der Waals surface area (Å²) in [6.07, 6.45) is 0. The lowest BCUT2D eigenvalue weighted by atomic mass is 10.0. The predicted molar refractivity (Wildman–Crippen MR) is 76.4 cm³/mol. The van der Waals surface area contributed by atoms with E-state index >= 15 is 0 Å². The Morgan fingerprint density at radius 1 is 1.05 bits per heavy atom.